The van der Waals surface area contributed by atoms with E-state index in [2.05, 4.69) is 21.2 Å². The van der Waals surface area contributed by atoms with Crippen LogP contribution in [-0.4, -0.2) is 12.6 Å². The van der Waals surface area contributed by atoms with Gasteiger partial charge in [0.05, 0.1) is 0 Å². The Balaban J connectivity index is 1.54. The summed E-state index contributed by atoms with van der Waals surface area (Å²) < 4.78 is 20.3. The van der Waals surface area contributed by atoms with Gasteiger partial charge in [0, 0.05) is 34.6 Å². The fourth-order valence-electron chi connectivity index (χ4n) is 2.45. The van der Waals surface area contributed by atoms with Crippen molar-refractivity contribution in [1.82, 2.24) is 5.32 Å². The van der Waals surface area contributed by atoms with Gasteiger partial charge < -0.3 is 10.1 Å². The number of fused-ring (bicyclic) bond motifs is 1. The van der Waals surface area contributed by atoms with E-state index in [4.69, 9.17) is 16.3 Å². The van der Waals surface area contributed by atoms with Gasteiger partial charge in [0.2, 0.25) is 0 Å². The van der Waals surface area contributed by atoms with Crippen LogP contribution >= 0.6 is 27.5 Å². The van der Waals surface area contributed by atoms with Gasteiger partial charge >= 0.3 is 0 Å². The first-order valence-electron chi connectivity index (χ1n) is 6.71. The maximum atomic E-state index is 13.6. The number of benzene rings is 2. The smallest absolute Gasteiger partial charge is 0.127 e. The highest BCUT2D eigenvalue weighted by atomic mass is 79.9. The summed E-state index contributed by atoms with van der Waals surface area (Å²) >= 11 is 9.32. The summed E-state index contributed by atoms with van der Waals surface area (Å²) in [6.45, 7) is 1.14. The van der Waals surface area contributed by atoms with Crippen LogP contribution in [0.3, 0.4) is 0 Å². The van der Waals surface area contributed by atoms with Crippen molar-refractivity contribution in [1.29, 1.82) is 0 Å². The molecule has 1 N–H and O–H groups in total. The average molecular weight is 371 g/mol. The van der Waals surface area contributed by atoms with Crippen LogP contribution in [0.1, 0.15) is 11.1 Å². The summed E-state index contributed by atoms with van der Waals surface area (Å²) in [4.78, 5) is 0. The summed E-state index contributed by atoms with van der Waals surface area (Å²) in [7, 11) is 0. The molecule has 1 unspecified atom stereocenters. The standard InChI is InChI=1S/C16H14BrClFNO/c17-12-1-3-15(19)11(5-12)8-20-9-14-7-10-6-13(18)2-4-16(10)21-14/h1-6,14,20H,7-9H2. The molecule has 2 aromatic carbocycles. The minimum absolute atomic E-state index is 0.0636. The van der Waals surface area contributed by atoms with E-state index < -0.39 is 0 Å². The van der Waals surface area contributed by atoms with Gasteiger partial charge in [0.1, 0.15) is 17.7 Å². The number of rotatable bonds is 4. The molecule has 0 spiro atoms. The monoisotopic (exact) mass is 369 g/mol. The van der Waals surface area contributed by atoms with Crippen LogP contribution < -0.4 is 10.1 Å². The van der Waals surface area contributed by atoms with Crippen molar-refractivity contribution < 1.29 is 9.13 Å². The molecular formula is C16H14BrClFNO. The first-order valence-corrected chi connectivity index (χ1v) is 7.88. The molecule has 1 heterocycles. The van der Waals surface area contributed by atoms with Gasteiger partial charge in [-0.25, -0.2) is 4.39 Å². The molecule has 1 aliphatic heterocycles. The molecule has 0 aliphatic carbocycles. The van der Waals surface area contributed by atoms with Crippen LogP contribution in [0.25, 0.3) is 0 Å². The largest absolute Gasteiger partial charge is 0.488 e. The van der Waals surface area contributed by atoms with E-state index in [1.54, 1.807) is 12.1 Å². The molecular weight excluding hydrogens is 357 g/mol. The maximum Gasteiger partial charge on any atom is 0.127 e. The first-order chi connectivity index (χ1) is 10.1. The lowest BCUT2D eigenvalue weighted by Crippen LogP contribution is -2.29. The van der Waals surface area contributed by atoms with Crippen molar-refractivity contribution >= 4 is 27.5 Å². The highest BCUT2D eigenvalue weighted by Crippen LogP contribution is 2.30. The Kier molecular flexibility index (Phi) is 4.48. The highest BCUT2D eigenvalue weighted by molar-refractivity contribution is 9.10. The summed E-state index contributed by atoms with van der Waals surface area (Å²) in [6.07, 6.45) is 0.887. The molecule has 0 bridgehead atoms. The SMILES string of the molecule is Fc1ccc(Br)cc1CNCC1Cc2cc(Cl)ccc2O1. The molecule has 1 aliphatic rings. The minimum Gasteiger partial charge on any atom is -0.488 e. The Hall–Kier alpha value is -1.10. The molecule has 0 saturated heterocycles. The summed E-state index contributed by atoms with van der Waals surface area (Å²) in [5.74, 6) is 0.688. The zero-order chi connectivity index (χ0) is 14.8. The molecule has 21 heavy (non-hydrogen) atoms. The van der Waals surface area contributed by atoms with Crippen LogP contribution in [0.5, 0.6) is 5.75 Å². The van der Waals surface area contributed by atoms with Gasteiger partial charge in [-0.15, -0.1) is 0 Å². The van der Waals surface area contributed by atoms with E-state index in [1.807, 2.05) is 18.2 Å². The van der Waals surface area contributed by atoms with Crippen LogP contribution in [0.4, 0.5) is 4.39 Å². The molecule has 1 atom stereocenters. The van der Waals surface area contributed by atoms with Gasteiger partial charge in [0.15, 0.2) is 0 Å². The van der Waals surface area contributed by atoms with E-state index in [1.165, 1.54) is 6.07 Å². The van der Waals surface area contributed by atoms with E-state index in [0.717, 1.165) is 27.2 Å². The second-order valence-electron chi connectivity index (χ2n) is 5.06. The quantitative estimate of drug-likeness (QED) is 0.864. The van der Waals surface area contributed by atoms with Crippen LogP contribution in [0.2, 0.25) is 5.02 Å². The molecule has 0 aromatic heterocycles. The Morgan fingerprint density at radius 1 is 1.29 bits per heavy atom. The van der Waals surface area contributed by atoms with Gasteiger partial charge in [-0.2, -0.15) is 0 Å². The third-order valence-corrected chi connectivity index (χ3v) is 4.19. The Morgan fingerprint density at radius 2 is 2.14 bits per heavy atom. The third kappa shape index (κ3) is 3.57. The molecule has 0 fully saturated rings. The first kappa shape index (κ1) is 14.8. The lowest BCUT2D eigenvalue weighted by Gasteiger charge is -2.12. The van der Waals surface area contributed by atoms with Crippen molar-refractivity contribution in [3.05, 3.63) is 62.8 Å². The summed E-state index contributed by atoms with van der Waals surface area (Å²) in [6, 6.07) is 10.6. The molecule has 0 amide bonds. The Labute approximate surface area is 136 Å². The number of halogens is 3. The second-order valence-corrected chi connectivity index (χ2v) is 6.41. The van der Waals surface area contributed by atoms with Crippen LogP contribution in [0, 0.1) is 5.82 Å². The van der Waals surface area contributed by atoms with Crippen molar-refractivity contribution in [3.63, 3.8) is 0 Å². The minimum atomic E-state index is -0.201. The average Bonchev–Trinajstić information content (AvgIpc) is 2.84. The van der Waals surface area contributed by atoms with E-state index >= 15 is 0 Å². The number of hydrogen-bond acceptors (Lipinski definition) is 2. The second kappa shape index (κ2) is 6.34. The molecule has 2 nitrogen and oxygen atoms in total. The van der Waals surface area contributed by atoms with Gasteiger partial charge in [-0.1, -0.05) is 27.5 Å². The Bertz CT molecular complexity index is 665. The van der Waals surface area contributed by atoms with E-state index in [9.17, 15) is 4.39 Å². The summed E-state index contributed by atoms with van der Waals surface area (Å²) in [5.41, 5.74) is 1.77. The lowest BCUT2D eigenvalue weighted by molar-refractivity contribution is 0.227. The zero-order valence-electron chi connectivity index (χ0n) is 11.2. The third-order valence-electron chi connectivity index (χ3n) is 3.46. The lowest BCUT2D eigenvalue weighted by atomic mass is 10.1. The molecule has 110 valence electrons. The maximum absolute atomic E-state index is 13.6. The fourth-order valence-corrected chi connectivity index (χ4v) is 3.05. The molecule has 0 radical (unpaired) electrons. The van der Waals surface area contributed by atoms with E-state index in [0.29, 0.717) is 18.7 Å². The predicted octanol–water partition coefficient (Wildman–Crippen LogP) is 4.33. The Morgan fingerprint density at radius 3 is 3.00 bits per heavy atom. The van der Waals surface area contributed by atoms with Crippen molar-refractivity contribution in [2.45, 2.75) is 19.1 Å². The topological polar surface area (TPSA) is 21.3 Å². The fraction of sp³-hybridized carbons (Fsp3) is 0.250. The van der Waals surface area contributed by atoms with Gasteiger partial charge in [0.25, 0.3) is 0 Å². The van der Waals surface area contributed by atoms with Gasteiger partial charge in [-0.05, 0) is 42.0 Å². The molecule has 5 heteroatoms. The number of hydrogen-bond donors (Lipinski definition) is 1. The molecule has 2 aromatic rings. The van der Waals surface area contributed by atoms with Crippen molar-refractivity contribution in [3.8, 4) is 5.75 Å². The number of ether oxygens (including phenoxy) is 1. The molecule has 0 saturated carbocycles. The van der Waals surface area contributed by atoms with Crippen LogP contribution in [-0.2, 0) is 13.0 Å². The predicted molar refractivity (Wildman–Crippen MR) is 85.4 cm³/mol. The van der Waals surface area contributed by atoms with Crippen molar-refractivity contribution in [2.24, 2.45) is 0 Å². The van der Waals surface area contributed by atoms with Crippen molar-refractivity contribution in [2.75, 3.05) is 6.54 Å². The normalized spacial score (nSPS) is 16.6. The zero-order valence-corrected chi connectivity index (χ0v) is 13.5. The number of nitrogens with one attached hydrogen (secondary N) is 1. The molecule has 3 rings (SSSR count). The summed E-state index contributed by atoms with van der Waals surface area (Å²) in [5, 5.41) is 3.97. The van der Waals surface area contributed by atoms with Gasteiger partial charge in [-0.3, -0.25) is 0 Å². The van der Waals surface area contributed by atoms with Crippen LogP contribution in [0.15, 0.2) is 40.9 Å². The van der Waals surface area contributed by atoms with E-state index in [-0.39, 0.29) is 11.9 Å². The highest BCUT2D eigenvalue weighted by Gasteiger charge is 2.22.